The molecule has 0 aromatic heterocycles. The van der Waals surface area contributed by atoms with E-state index in [1.54, 1.807) is 12.1 Å². The maximum atomic E-state index is 13.5. The Balaban J connectivity index is 2.02. The maximum absolute atomic E-state index is 13.5. The van der Waals surface area contributed by atoms with Gasteiger partial charge in [0.25, 0.3) is 10.0 Å². The van der Waals surface area contributed by atoms with E-state index in [4.69, 9.17) is 21.1 Å². The van der Waals surface area contributed by atoms with Crippen molar-refractivity contribution in [3.8, 4) is 11.5 Å². The molecule has 0 spiro atoms. The molecule has 0 fully saturated rings. The largest absolute Gasteiger partial charge is 0.497 e. The highest BCUT2D eigenvalue weighted by atomic mass is 35.5. The fraction of sp³-hybridized carbons (Fsp3) is 0.174. The molecule has 0 atom stereocenters. The van der Waals surface area contributed by atoms with Gasteiger partial charge in [0.05, 0.1) is 35.4 Å². The number of carbonyl (C=O) groups excluding carboxylic acids is 1. The summed E-state index contributed by atoms with van der Waals surface area (Å²) >= 11 is 5.63. The van der Waals surface area contributed by atoms with Gasteiger partial charge < -0.3 is 14.8 Å². The molecule has 7 nitrogen and oxygen atoms in total. The number of hydrogen-bond donors (Lipinski definition) is 1. The van der Waals surface area contributed by atoms with Crippen molar-refractivity contribution in [2.45, 2.75) is 11.1 Å². The molecule has 12 heteroatoms. The molecule has 0 radical (unpaired) electrons. The number of halogens is 4. The fourth-order valence-corrected chi connectivity index (χ4v) is 4.83. The Kier molecular flexibility index (Phi) is 7.81. The van der Waals surface area contributed by atoms with E-state index in [1.165, 1.54) is 56.7 Å². The van der Waals surface area contributed by atoms with E-state index >= 15 is 0 Å². The highest BCUT2D eigenvalue weighted by molar-refractivity contribution is 7.92. The van der Waals surface area contributed by atoms with E-state index in [2.05, 4.69) is 5.32 Å². The average Bonchev–Trinajstić information content (AvgIpc) is 2.83. The van der Waals surface area contributed by atoms with Gasteiger partial charge in [-0.2, -0.15) is 13.2 Å². The summed E-state index contributed by atoms with van der Waals surface area (Å²) in [6.07, 6.45) is -4.74. The Bertz CT molecular complexity index is 1320. The quantitative estimate of drug-likeness (QED) is 0.434. The third kappa shape index (κ3) is 5.98. The van der Waals surface area contributed by atoms with Crippen LogP contribution in [0.3, 0.4) is 0 Å². The van der Waals surface area contributed by atoms with Crippen molar-refractivity contribution in [2.75, 3.05) is 30.4 Å². The van der Waals surface area contributed by atoms with Crippen molar-refractivity contribution >= 4 is 38.9 Å². The van der Waals surface area contributed by atoms with Crippen LogP contribution in [0.5, 0.6) is 11.5 Å². The van der Waals surface area contributed by atoms with E-state index in [0.29, 0.717) is 11.8 Å². The van der Waals surface area contributed by atoms with Gasteiger partial charge in [0.2, 0.25) is 5.91 Å². The number of alkyl halides is 3. The van der Waals surface area contributed by atoms with Crippen molar-refractivity contribution in [3.05, 3.63) is 77.3 Å². The monoisotopic (exact) mass is 528 g/mol. The number of sulfonamides is 1. The molecule has 3 aromatic rings. The first-order valence-corrected chi connectivity index (χ1v) is 11.8. The standard InChI is InChI=1S/C23H20ClF3N2O5S/c1-33-16-9-11-21(34-2)20(13-16)29(35(31,32)17-6-4-3-5-7-17)14-22(30)28-15-8-10-19(24)18(12-15)23(25,26)27/h3-13H,14H2,1-2H3,(H,28,30). The van der Waals surface area contributed by atoms with Crippen LogP contribution in [-0.4, -0.2) is 35.1 Å². The van der Waals surface area contributed by atoms with Crippen molar-refractivity contribution in [1.82, 2.24) is 0 Å². The first-order chi connectivity index (χ1) is 16.5. The van der Waals surface area contributed by atoms with Gasteiger partial charge in [-0.15, -0.1) is 0 Å². The van der Waals surface area contributed by atoms with E-state index in [-0.39, 0.29) is 22.0 Å². The van der Waals surface area contributed by atoms with Crippen LogP contribution in [0, 0.1) is 0 Å². The number of amides is 1. The molecule has 3 aromatic carbocycles. The zero-order chi connectivity index (χ0) is 25.8. The number of rotatable bonds is 8. The second-order valence-electron chi connectivity index (χ2n) is 7.10. The number of carbonyl (C=O) groups is 1. The number of benzene rings is 3. The normalized spacial score (nSPS) is 11.6. The molecular formula is C23H20ClF3N2O5S. The van der Waals surface area contributed by atoms with E-state index < -0.39 is 39.2 Å². The molecule has 35 heavy (non-hydrogen) atoms. The summed E-state index contributed by atoms with van der Waals surface area (Å²) in [5.41, 5.74) is -1.35. The van der Waals surface area contributed by atoms with Crippen molar-refractivity contribution in [3.63, 3.8) is 0 Å². The summed E-state index contributed by atoms with van der Waals surface area (Å²) in [7, 11) is -1.59. The van der Waals surface area contributed by atoms with E-state index in [9.17, 15) is 26.4 Å². The molecule has 0 unspecified atom stereocenters. The molecule has 0 aliphatic rings. The highest BCUT2D eigenvalue weighted by Gasteiger charge is 2.34. The zero-order valence-corrected chi connectivity index (χ0v) is 20.0. The van der Waals surface area contributed by atoms with Crippen LogP contribution in [0.4, 0.5) is 24.5 Å². The van der Waals surface area contributed by atoms with Gasteiger partial charge in [-0.1, -0.05) is 29.8 Å². The Morgan fingerprint density at radius 1 is 1.00 bits per heavy atom. The minimum Gasteiger partial charge on any atom is -0.497 e. The van der Waals surface area contributed by atoms with Gasteiger partial charge in [-0.25, -0.2) is 8.42 Å². The van der Waals surface area contributed by atoms with Crippen molar-refractivity contribution in [1.29, 1.82) is 0 Å². The van der Waals surface area contributed by atoms with Crippen LogP contribution >= 0.6 is 11.6 Å². The second-order valence-corrected chi connectivity index (χ2v) is 9.37. The number of methoxy groups -OCH3 is 2. The van der Waals surface area contributed by atoms with Crippen molar-refractivity contribution in [2.24, 2.45) is 0 Å². The molecule has 0 saturated carbocycles. The SMILES string of the molecule is COc1ccc(OC)c(N(CC(=O)Nc2ccc(Cl)c(C(F)(F)F)c2)S(=O)(=O)c2ccccc2)c1. The van der Waals surface area contributed by atoms with Crippen LogP contribution in [0.2, 0.25) is 5.02 Å². The first-order valence-electron chi connectivity index (χ1n) is 9.93. The van der Waals surface area contributed by atoms with E-state index in [0.717, 1.165) is 10.4 Å². The highest BCUT2D eigenvalue weighted by Crippen LogP contribution is 2.37. The Hall–Kier alpha value is -3.44. The van der Waals surface area contributed by atoms with E-state index in [1.807, 2.05) is 0 Å². The predicted octanol–water partition coefficient (Wildman–Crippen LogP) is 5.21. The summed E-state index contributed by atoms with van der Waals surface area (Å²) in [5.74, 6) is -0.476. The number of hydrogen-bond acceptors (Lipinski definition) is 5. The maximum Gasteiger partial charge on any atom is 0.417 e. The molecule has 1 amide bonds. The van der Waals surface area contributed by atoms with Crippen LogP contribution < -0.4 is 19.1 Å². The number of ether oxygens (including phenoxy) is 2. The van der Waals surface area contributed by atoms with Crippen molar-refractivity contribution < 1.29 is 35.9 Å². The molecule has 0 aliphatic heterocycles. The molecule has 3 rings (SSSR count). The molecule has 0 saturated heterocycles. The third-order valence-corrected chi connectivity index (χ3v) is 6.93. The van der Waals surface area contributed by atoms with Crippen LogP contribution in [-0.2, 0) is 21.0 Å². The molecule has 0 heterocycles. The number of nitrogens with one attached hydrogen (secondary N) is 1. The lowest BCUT2D eigenvalue weighted by Gasteiger charge is -2.26. The number of nitrogens with zero attached hydrogens (tertiary/aromatic N) is 1. The lowest BCUT2D eigenvalue weighted by Crippen LogP contribution is -2.38. The van der Waals surface area contributed by atoms with Gasteiger partial charge in [0, 0.05) is 11.8 Å². The summed E-state index contributed by atoms with van der Waals surface area (Å²) in [5, 5.41) is 1.76. The smallest absolute Gasteiger partial charge is 0.417 e. The van der Waals surface area contributed by atoms with Gasteiger partial charge in [-0.3, -0.25) is 9.10 Å². The molecule has 186 valence electrons. The summed E-state index contributed by atoms with van der Waals surface area (Å²) in [6, 6.07) is 14.6. The molecular weight excluding hydrogens is 509 g/mol. The van der Waals surface area contributed by atoms with Gasteiger partial charge in [0.1, 0.15) is 18.0 Å². The van der Waals surface area contributed by atoms with Gasteiger partial charge >= 0.3 is 6.18 Å². The van der Waals surface area contributed by atoms with Crippen LogP contribution in [0.25, 0.3) is 0 Å². The lowest BCUT2D eigenvalue weighted by molar-refractivity contribution is -0.137. The lowest BCUT2D eigenvalue weighted by atomic mass is 10.2. The Morgan fingerprint density at radius 3 is 2.29 bits per heavy atom. The Morgan fingerprint density at radius 2 is 1.69 bits per heavy atom. The summed E-state index contributed by atoms with van der Waals surface area (Å²) in [4.78, 5) is 12.8. The molecule has 0 aliphatic carbocycles. The average molecular weight is 529 g/mol. The molecule has 0 bridgehead atoms. The third-order valence-electron chi connectivity index (χ3n) is 4.83. The van der Waals surface area contributed by atoms with Gasteiger partial charge in [0.15, 0.2) is 0 Å². The zero-order valence-electron chi connectivity index (χ0n) is 18.5. The summed E-state index contributed by atoms with van der Waals surface area (Å²) in [6.45, 7) is -0.773. The minimum atomic E-state index is -4.74. The minimum absolute atomic E-state index is 0.00191. The Labute approximate surface area is 205 Å². The first kappa shape index (κ1) is 26.2. The second kappa shape index (κ2) is 10.4. The van der Waals surface area contributed by atoms with Crippen LogP contribution in [0.15, 0.2) is 71.6 Å². The fourth-order valence-electron chi connectivity index (χ4n) is 3.16. The molecule has 1 N–H and O–H groups in total. The topological polar surface area (TPSA) is 84.9 Å². The predicted molar refractivity (Wildman–Crippen MR) is 126 cm³/mol. The summed E-state index contributed by atoms with van der Waals surface area (Å²) < 4.78 is 77.8. The van der Waals surface area contributed by atoms with Gasteiger partial charge in [-0.05, 0) is 42.5 Å². The number of anilines is 2. The van der Waals surface area contributed by atoms with Crippen LogP contribution in [0.1, 0.15) is 5.56 Å².